The van der Waals surface area contributed by atoms with Crippen LogP contribution in [0, 0.1) is 0 Å². The van der Waals surface area contributed by atoms with E-state index in [0.717, 1.165) is 18.8 Å². The van der Waals surface area contributed by atoms with E-state index in [2.05, 4.69) is 17.4 Å². The van der Waals surface area contributed by atoms with Crippen LogP contribution >= 0.6 is 11.8 Å². The van der Waals surface area contributed by atoms with Crippen molar-refractivity contribution in [1.82, 2.24) is 5.32 Å². The molecular formula is C12H17NOS. The van der Waals surface area contributed by atoms with Gasteiger partial charge in [0.05, 0.1) is 7.11 Å². The summed E-state index contributed by atoms with van der Waals surface area (Å²) in [5, 5.41) is 4.07. The van der Waals surface area contributed by atoms with Gasteiger partial charge in [0.25, 0.3) is 0 Å². The standard InChI is InChI=1S/C12H17NOS/c1-14-11-4-2-10(3-5-11)12-6-7-13-8-9-15-12/h2-5,12-13H,6-9H2,1H3. The Hall–Kier alpha value is -0.670. The quantitative estimate of drug-likeness (QED) is 0.832. The van der Waals surface area contributed by atoms with Crippen molar-refractivity contribution in [2.75, 3.05) is 26.0 Å². The van der Waals surface area contributed by atoms with Crippen molar-refractivity contribution >= 4 is 11.8 Å². The number of thioether (sulfide) groups is 1. The number of hydrogen-bond donors (Lipinski definition) is 1. The third kappa shape index (κ3) is 2.89. The van der Waals surface area contributed by atoms with Crippen molar-refractivity contribution in [3.05, 3.63) is 29.8 Å². The average Bonchev–Trinajstić information content (AvgIpc) is 2.58. The highest BCUT2D eigenvalue weighted by molar-refractivity contribution is 7.99. The Morgan fingerprint density at radius 3 is 2.80 bits per heavy atom. The van der Waals surface area contributed by atoms with Gasteiger partial charge in [0, 0.05) is 17.5 Å². The Balaban J connectivity index is 2.06. The molecule has 0 aromatic heterocycles. The molecular weight excluding hydrogens is 206 g/mol. The van der Waals surface area contributed by atoms with Gasteiger partial charge >= 0.3 is 0 Å². The molecule has 0 bridgehead atoms. The fourth-order valence-electron chi connectivity index (χ4n) is 1.80. The number of rotatable bonds is 2. The van der Waals surface area contributed by atoms with Gasteiger partial charge in [0.1, 0.15) is 5.75 Å². The van der Waals surface area contributed by atoms with Crippen molar-refractivity contribution < 1.29 is 4.74 Å². The largest absolute Gasteiger partial charge is 0.497 e. The smallest absolute Gasteiger partial charge is 0.118 e. The van der Waals surface area contributed by atoms with Gasteiger partial charge in [-0.25, -0.2) is 0 Å². The molecule has 2 nitrogen and oxygen atoms in total. The van der Waals surface area contributed by atoms with Crippen LogP contribution in [0.4, 0.5) is 0 Å². The molecule has 2 rings (SSSR count). The van der Waals surface area contributed by atoms with E-state index < -0.39 is 0 Å². The van der Waals surface area contributed by atoms with Gasteiger partial charge in [0.15, 0.2) is 0 Å². The molecule has 1 aliphatic rings. The number of ether oxygens (including phenoxy) is 1. The summed E-state index contributed by atoms with van der Waals surface area (Å²) >= 11 is 2.05. The topological polar surface area (TPSA) is 21.3 Å². The van der Waals surface area contributed by atoms with Crippen LogP contribution in [-0.4, -0.2) is 26.0 Å². The van der Waals surface area contributed by atoms with Crippen LogP contribution in [0.3, 0.4) is 0 Å². The van der Waals surface area contributed by atoms with E-state index in [1.165, 1.54) is 17.7 Å². The second-order valence-corrected chi connectivity index (χ2v) is 4.98. The summed E-state index contributed by atoms with van der Waals surface area (Å²) < 4.78 is 5.16. The number of benzene rings is 1. The van der Waals surface area contributed by atoms with Gasteiger partial charge in [-0.2, -0.15) is 11.8 Å². The van der Waals surface area contributed by atoms with E-state index in [4.69, 9.17) is 4.74 Å². The summed E-state index contributed by atoms with van der Waals surface area (Å²) in [6.45, 7) is 2.26. The summed E-state index contributed by atoms with van der Waals surface area (Å²) in [4.78, 5) is 0. The third-order valence-electron chi connectivity index (χ3n) is 2.67. The molecule has 1 aromatic rings. The first kappa shape index (κ1) is 10.8. The summed E-state index contributed by atoms with van der Waals surface area (Å²) in [5.74, 6) is 2.15. The lowest BCUT2D eigenvalue weighted by atomic mass is 10.1. The number of methoxy groups -OCH3 is 1. The van der Waals surface area contributed by atoms with Gasteiger partial charge in [-0.05, 0) is 30.7 Å². The molecule has 1 unspecified atom stereocenters. The highest BCUT2D eigenvalue weighted by Gasteiger charge is 2.14. The van der Waals surface area contributed by atoms with Crippen LogP contribution in [-0.2, 0) is 0 Å². The van der Waals surface area contributed by atoms with Gasteiger partial charge in [-0.15, -0.1) is 0 Å². The SMILES string of the molecule is COc1ccc(C2CCNCCS2)cc1. The zero-order chi connectivity index (χ0) is 10.5. The van der Waals surface area contributed by atoms with E-state index >= 15 is 0 Å². The molecule has 82 valence electrons. The molecule has 1 aromatic carbocycles. The molecule has 3 heteroatoms. The van der Waals surface area contributed by atoms with Gasteiger partial charge < -0.3 is 10.1 Å². The lowest BCUT2D eigenvalue weighted by molar-refractivity contribution is 0.414. The summed E-state index contributed by atoms with van der Waals surface area (Å²) in [6.07, 6.45) is 1.22. The second kappa shape index (κ2) is 5.42. The van der Waals surface area contributed by atoms with Crippen molar-refractivity contribution in [2.45, 2.75) is 11.7 Å². The first-order chi connectivity index (χ1) is 7.40. The fraction of sp³-hybridized carbons (Fsp3) is 0.500. The molecule has 1 N–H and O–H groups in total. The Morgan fingerprint density at radius 1 is 1.27 bits per heavy atom. The minimum Gasteiger partial charge on any atom is -0.497 e. The number of nitrogens with one attached hydrogen (secondary N) is 1. The van der Waals surface area contributed by atoms with Crippen LogP contribution in [0.5, 0.6) is 5.75 Å². The van der Waals surface area contributed by atoms with Crippen molar-refractivity contribution in [1.29, 1.82) is 0 Å². The van der Waals surface area contributed by atoms with E-state index in [0.29, 0.717) is 5.25 Å². The average molecular weight is 223 g/mol. The molecule has 0 spiro atoms. The molecule has 0 amide bonds. The second-order valence-electron chi connectivity index (χ2n) is 3.67. The minimum absolute atomic E-state index is 0.644. The maximum absolute atomic E-state index is 5.16. The van der Waals surface area contributed by atoms with Crippen molar-refractivity contribution in [3.8, 4) is 5.75 Å². The monoisotopic (exact) mass is 223 g/mol. The highest BCUT2D eigenvalue weighted by atomic mass is 32.2. The van der Waals surface area contributed by atoms with Crippen molar-refractivity contribution in [2.24, 2.45) is 0 Å². The molecule has 1 aliphatic heterocycles. The molecule has 1 fully saturated rings. The predicted molar refractivity (Wildman–Crippen MR) is 65.7 cm³/mol. The summed E-state index contributed by atoms with van der Waals surface area (Å²) in [7, 11) is 1.71. The first-order valence-corrected chi connectivity index (χ1v) is 6.41. The zero-order valence-corrected chi connectivity index (χ0v) is 9.85. The lowest BCUT2D eigenvalue weighted by Gasteiger charge is -2.13. The minimum atomic E-state index is 0.644. The van der Waals surface area contributed by atoms with Crippen LogP contribution in [0.2, 0.25) is 0 Å². The molecule has 1 heterocycles. The van der Waals surface area contributed by atoms with Gasteiger partial charge in [0.2, 0.25) is 0 Å². The normalized spacial score (nSPS) is 22.1. The van der Waals surface area contributed by atoms with Gasteiger partial charge in [-0.1, -0.05) is 12.1 Å². The van der Waals surface area contributed by atoms with Crippen LogP contribution in [0.15, 0.2) is 24.3 Å². The molecule has 1 saturated heterocycles. The van der Waals surface area contributed by atoms with Crippen LogP contribution in [0.1, 0.15) is 17.2 Å². The third-order valence-corrected chi connectivity index (χ3v) is 4.02. The maximum atomic E-state index is 5.16. The predicted octanol–water partition coefficient (Wildman–Crippen LogP) is 2.46. The van der Waals surface area contributed by atoms with Crippen LogP contribution < -0.4 is 10.1 Å². The molecule has 15 heavy (non-hydrogen) atoms. The molecule has 1 atom stereocenters. The van der Waals surface area contributed by atoms with E-state index in [-0.39, 0.29) is 0 Å². The Bertz CT molecular complexity index is 291. The fourth-order valence-corrected chi connectivity index (χ4v) is 2.98. The van der Waals surface area contributed by atoms with Gasteiger partial charge in [-0.3, -0.25) is 0 Å². The summed E-state index contributed by atoms with van der Waals surface area (Å²) in [6, 6.07) is 8.46. The molecule has 0 aliphatic carbocycles. The van der Waals surface area contributed by atoms with Crippen molar-refractivity contribution in [3.63, 3.8) is 0 Å². The Kier molecular flexibility index (Phi) is 3.92. The van der Waals surface area contributed by atoms with E-state index in [1.54, 1.807) is 7.11 Å². The molecule has 0 saturated carbocycles. The Labute approximate surface area is 95.4 Å². The summed E-state index contributed by atoms with van der Waals surface area (Å²) in [5.41, 5.74) is 1.42. The maximum Gasteiger partial charge on any atom is 0.118 e. The number of hydrogen-bond acceptors (Lipinski definition) is 3. The lowest BCUT2D eigenvalue weighted by Crippen LogP contribution is -2.15. The highest BCUT2D eigenvalue weighted by Crippen LogP contribution is 2.33. The molecule has 0 radical (unpaired) electrons. The Morgan fingerprint density at radius 2 is 2.07 bits per heavy atom. The zero-order valence-electron chi connectivity index (χ0n) is 9.03. The van der Waals surface area contributed by atoms with Crippen LogP contribution in [0.25, 0.3) is 0 Å². The van der Waals surface area contributed by atoms with E-state index in [9.17, 15) is 0 Å². The first-order valence-electron chi connectivity index (χ1n) is 5.36. The van der Waals surface area contributed by atoms with E-state index in [1.807, 2.05) is 23.9 Å².